The monoisotopic (exact) mass is 175 g/mol. The maximum absolute atomic E-state index is 8.47. The van der Waals surface area contributed by atoms with Crippen LogP contribution in [0.2, 0.25) is 0 Å². The Hall–Kier alpha value is -1.53. The van der Waals surface area contributed by atoms with E-state index in [0.29, 0.717) is 6.42 Å². The summed E-state index contributed by atoms with van der Waals surface area (Å²) in [6.07, 6.45) is 0.337. The quantitative estimate of drug-likeness (QED) is 0.668. The van der Waals surface area contributed by atoms with Crippen LogP contribution in [0.15, 0.2) is 18.2 Å². The van der Waals surface area contributed by atoms with Crippen molar-refractivity contribution in [2.75, 3.05) is 5.73 Å². The molecule has 1 unspecified atom stereocenters. The van der Waals surface area contributed by atoms with Crippen LogP contribution in [-0.2, 0) is 0 Å². The molecular formula is C10H13N3. The van der Waals surface area contributed by atoms with Crippen LogP contribution < -0.4 is 11.5 Å². The molecule has 0 aromatic heterocycles. The first kappa shape index (κ1) is 9.56. The van der Waals surface area contributed by atoms with Crippen LogP contribution in [0.25, 0.3) is 0 Å². The maximum atomic E-state index is 8.47. The van der Waals surface area contributed by atoms with Crippen LogP contribution in [0.3, 0.4) is 0 Å². The molecule has 0 amide bonds. The first-order valence-corrected chi connectivity index (χ1v) is 4.13. The fourth-order valence-electron chi connectivity index (χ4n) is 1.15. The van der Waals surface area contributed by atoms with Crippen molar-refractivity contribution < 1.29 is 0 Å². The van der Waals surface area contributed by atoms with Crippen LogP contribution in [0, 0.1) is 18.3 Å². The lowest BCUT2D eigenvalue weighted by molar-refractivity contribution is 0.748. The lowest BCUT2D eigenvalue weighted by Crippen LogP contribution is -2.09. The molecule has 0 aliphatic heterocycles. The molecule has 0 radical (unpaired) electrons. The van der Waals surface area contributed by atoms with Crippen molar-refractivity contribution in [3.63, 3.8) is 0 Å². The van der Waals surface area contributed by atoms with Crippen molar-refractivity contribution in [3.05, 3.63) is 29.3 Å². The molecule has 1 rings (SSSR count). The predicted octanol–water partition coefficient (Wildman–Crippen LogP) is 1.49. The number of aryl methyl sites for hydroxylation is 1. The summed E-state index contributed by atoms with van der Waals surface area (Å²) in [5.41, 5.74) is 14.1. The minimum absolute atomic E-state index is 0.204. The average Bonchev–Trinajstić information content (AvgIpc) is 2.10. The lowest BCUT2D eigenvalue weighted by atomic mass is 10.0. The third-order valence-electron chi connectivity index (χ3n) is 2.03. The van der Waals surface area contributed by atoms with Crippen LogP contribution in [0.5, 0.6) is 0 Å². The Morgan fingerprint density at radius 1 is 1.54 bits per heavy atom. The summed E-state index contributed by atoms with van der Waals surface area (Å²) in [7, 11) is 0. The smallest absolute Gasteiger partial charge is 0.0641 e. The Kier molecular flexibility index (Phi) is 2.88. The zero-order valence-corrected chi connectivity index (χ0v) is 7.62. The highest BCUT2D eigenvalue weighted by Crippen LogP contribution is 2.18. The number of anilines is 1. The van der Waals surface area contributed by atoms with Gasteiger partial charge in [-0.2, -0.15) is 5.26 Å². The Balaban J connectivity index is 2.91. The second-order valence-corrected chi connectivity index (χ2v) is 3.08. The highest BCUT2D eigenvalue weighted by atomic mass is 14.6. The first-order valence-electron chi connectivity index (χ1n) is 4.13. The van der Waals surface area contributed by atoms with E-state index in [2.05, 4.69) is 0 Å². The van der Waals surface area contributed by atoms with E-state index in [1.165, 1.54) is 0 Å². The van der Waals surface area contributed by atoms with Gasteiger partial charge in [-0.15, -0.1) is 0 Å². The van der Waals surface area contributed by atoms with Crippen molar-refractivity contribution in [3.8, 4) is 6.07 Å². The normalized spacial score (nSPS) is 12.1. The third-order valence-corrected chi connectivity index (χ3v) is 2.03. The van der Waals surface area contributed by atoms with Crippen LogP contribution >= 0.6 is 0 Å². The van der Waals surface area contributed by atoms with Gasteiger partial charge < -0.3 is 11.5 Å². The largest absolute Gasteiger partial charge is 0.399 e. The number of rotatable bonds is 2. The molecule has 0 aliphatic rings. The van der Waals surface area contributed by atoms with Gasteiger partial charge in [0.2, 0.25) is 0 Å². The van der Waals surface area contributed by atoms with Gasteiger partial charge in [0.15, 0.2) is 0 Å². The number of hydrogen-bond donors (Lipinski definition) is 2. The average molecular weight is 175 g/mol. The van der Waals surface area contributed by atoms with E-state index in [0.717, 1.165) is 16.8 Å². The summed E-state index contributed by atoms with van der Waals surface area (Å²) < 4.78 is 0. The van der Waals surface area contributed by atoms with Gasteiger partial charge in [-0.25, -0.2) is 0 Å². The van der Waals surface area contributed by atoms with Crippen molar-refractivity contribution in [2.45, 2.75) is 19.4 Å². The van der Waals surface area contributed by atoms with E-state index >= 15 is 0 Å². The molecule has 0 bridgehead atoms. The molecule has 1 aromatic rings. The number of nitrogen functional groups attached to an aromatic ring is 1. The predicted molar refractivity (Wildman–Crippen MR) is 52.7 cm³/mol. The third kappa shape index (κ3) is 2.20. The number of nitrogens with zero attached hydrogens (tertiary/aromatic N) is 1. The van der Waals surface area contributed by atoms with E-state index in [-0.39, 0.29) is 6.04 Å². The Morgan fingerprint density at radius 3 is 2.77 bits per heavy atom. The fraction of sp³-hybridized carbons (Fsp3) is 0.300. The fourth-order valence-corrected chi connectivity index (χ4v) is 1.15. The molecule has 0 spiro atoms. The molecule has 4 N–H and O–H groups in total. The van der Waals surface area contributed by atoms with E-state index < -0.39 is 0 Å². The van der Waals surface area contributed by atoms with Crippen molar-refractivity contribution >= 4 is 5.69 Å². The molecule has 68 valence electrons. The SMILES string of the molecule is Cc1cc(C(N)CC#N)ccc1N. The summed E-state index contributed by atoms with van der Waals surface area (Å²) >= 11 is 0. The molecule has 0 fully saturated rings. The number of nitriles is 1. The second-order valence-electron chi connectivity index (χ2n) is 3.08. The number of hydrogen-bond acceptors (Lipinski definition) is 3. The molecular weight excluding hydrogens is 162 g/mol. The Bertz CT molecular complexity index is 339. The Labute approximate surface area is 78.0 Å². The van der Waals surface area contributed by atoms with Gasteiger partial charge in [0, 0.05) is 11.7 Å². The van der Waals surface area contributed by atoms with Crippen molar-refractivity contribution in [1.82, 2.24) is 0 Å². The number of benzene rings is 1. The second kappa shape index (κ2) is 3.92. The topological polar surface area (TPSA) is 75.8 Å². The summed E-state index contributed by atoms with van der Waals surface area (Å²) in [4.78, 5) is 0. The summed E-state index contributed by atoms with van der Waals surface area (Å²) in [6, 6.07) is 7.45. The van der Waals surface area contributed by atoms with Gasteiger partial charge in [-0.3, -0.25) is 0 Å². The summed E-state index contributed by atoms with van der Waals surface area (Å²) in [5, 5.41) is 8.47. The van der Waals surface area contributed by atoms with Gasteiger partial charge >= 0.3 is 0 Å². The lowest BCUT2D eigenvalue weighted by Gasteiger charge is -2.09. The van der Waals surface area contributed by atoms with E-state index in [4.69, 9.17) is 16.7 Å². The molecule has 3 heteroatoms. The molecule has 3 nitrogen and oxygen atoms in total. The Morgan fingerprint density at radius 2 is 2.23 bits per heavy atom. The summed E-state index contributed by atoms with van der Waals surface area (Å²) in [6.45, 7) is 1.93. The molecule has 1 aromatic carbocycles. The summed E-state index contributed by atoms with van der Waals surface area (Å²) in [5.74, 6) is 0. The standard InChI is InChI=1S/C10H13N3/c1-7-6-8(2-3-9(7)12)10(13)4-5-11/h2-3,6,10H,4,12-13H2,1H3. The maximum Gasteiger partial charge on any atom is 0.0641 e. The highest BCUT2D eigenvalue weighted by molar-refractivity contribution is 5.48. The number of nitrogens with two attached hydrogens (primary N) is 2. The van der Waals surface area contributed by atoms with E-state index in [1.54, 1.807) is 0 Å². The minimum atomic E-state index is -0.204. The van der Waals surface area contributed by atoms with Gasteiger partial charge in [0.1, 0.15) is 0 Å². The van der Waals surface area contributed by atoms with Gasteiger partial charge in [-0.1, -0.05) is 12.1 Å². The molecule has 0 heterocycles. The van der Waals surface area contributed by atoms with E-state index in [9.17, 15) is 0 Å². The van der Waals surface area contributed by atoms with Gasteiger partial charge in [-0.05, 0) is 24.1 Å². The van der Waals surface area contributed by atoms with Crippen molar-refractivity contribution in [1.29, 1.82) is 5.26 Å². The van der Waals surface area contributed by atoms with Crippen LogP contribution in [0.4, 0.5) is 5.69 Å². The zero-order chi connectivity index (χ0) is 9.84. The molecule has 0 saturated heterocycles. The molecule has 0 saturated carbocycles. The van der Waals surface area contributed by atoms with Crippen LogP contribution in [0.1, 0.15) is 23.6 Å². The molecule has 13 heavy (non-hydrogen) atoms. The molecule has 1 atom stereocenters. The molecule has 0 aliphatic carbocycles. The zero-order valence-electron chi connectivity index (χ0n) is 7.62. The van der Waals surface area contributed by atoms with Crippen LogP contribution in [-0.4, -0.2) is 0 Å². The van der Waals surface area contributed by atoms with Gasteiger partial charge in [0.05, 0.1) is 12.5 Å². The van der Waals surface area contributed by atoms with Crippen molar-refractivity contribution in [2.24, 2.45) is 5.73 Å². The van der Waals surface area contributed by atoms with Gasteiger partial charge in [0.25, 0.3) is 0 Å². The minimum Gasteiger partial charge on any atom is -0.399 e. The van der Waals surface area contributed by atoms with E-state index in [1.807, 2.05) is 31.2 Å². The first-order chi connectivity index (χ1) is 6.15. The highest BCUT2D eigenvalue weighted by Gasteiger charge is 2.05.